The van der Waals surface area contributed by atoms with Crippen LogP contribution in [0.25, 0.3) is 6.08 Å². The molecule has 1 saturated heterocycles. The van der Waals surface area contributed by atoms with Crippen LogP contribution in [0.3, 0.4) is 0 Å². The number of hydrogen-bond donors (Lipinski definition) is 0. The molecule has 3 aromatic carbocycles. The second kappa shape index (κ2) is 10.6. The highest BCUT2D eigenvalue weighted by atomic mass is 127. The Labute approximate surface area is 227 Å². The number of nitrogens with zero attached hydrogens (tertiary/aromatic N) is 1. The van der Waals surface area contributed by atoms with Crippen LogP contribution in [0.15, 0.2) is 71.6 Å². The van der Waals surface area contributed by atoms with Gasteiger partial charge >= 0.3 is 12.1 Å². The molecule has 0 unspecified atom stereocenters. The lowest BCUT2D eigenvalue weighted by molar-refractivity contribution is -0.137. The summed E-state index contributed by atoms with van der Waals surface area (Å²) in [5.41, 5.74) is 0.109. The van der Waals surface area contributed by atoms with E-state index in [4.69, 9.17) is 21.7 Å². The largest absolute Gasteiger partial charge is 0.493 e. The lowest BCUT2D eigenvalue weighted by Gasteiger charge is -2.16. The molecule has 5 nitrogen and oxygen atoms in total. The van der Waals surface area contributed by atoms with Crippen LogP contribution < -0.4 is 14.4 Å². The number of anilines is 1. The van der Waals surface area contributed by atoms with Crippen LogP contribution in [-0.2, 0) is 11.0 Å². The molecule has 1 amide bonds. The number of thioether (sulfide) groups is 1. The smallest absolute Gasteiger partial charge is 0.416 e. The molecule has 36 heavy (non-hydrogen) atoms. The van der Waals surface area contributed by atoms with Crippen molar-refractivity contribution in [3.05, 3.63) is 91.9 Å². The summed E-state index contributed by atoms with van der Waals surface area (Å²) in [5.74, 6) is -0.641. The van der Waals surface area contributed by atoms with Crippen LogP contribution in [0.5, 0.6) is 11.5 Å². The fourth-order valence-corrected chi connectivity index (χ4v) is 5.21. The van der Waals surface area contributed by atoms with E-state index in [9.17, 15) is 22.8 Å². The molecule has 0 N–H and O–H groups in total. The Morgan fingerprint density at radius 1 is 1.06 bits per heavy atom. The van der Waals surface area contributed by atoms with Crippen molar-refractivity contribution in [1.82, 2.24) is 0 Å². The number of rotatable bonds is 5. The normalized spacial score (nSPS) is 14.9. The van der Waals surface area contributed by atoms with E-state index in [1.807, 2.05) is 28.7 Å². The molecule has 0 aliphatic carbocycles. The summed E-state index contributed by atoms with van der Waals surface area (Å²) in [4.78, 5) is 26.9. The van der Waals surface area contributed by atoms with Gasteiger partial charge < -0.3 is 9.47 Å². The van der Waals surface area contributed by atoms with Gasteiger partial charge in [0, 0.05) is 3.57 Å². The van der Waals surface area contributed by atoms with E-state index >= 15 is 0 Å². The van der Waals surface area contributed by atoms with E-state index in [2.05, 4.69) is 0 Å². The Balaban J connectivity index is 1.58. The first kappa shape index (κ1) is 26.2. The third-order valence-corrected chi connectivity index (χ3v) is 7.25. The predicted octanol–water partition coefficient (Wildman–Crippen LogP) is 6.94. The topological polar surface area (TPSA) is 55.8 Å². The van der Waals surface area contributed by atoms with Gasteiger partial charge in [-0.05, 0) is 76.7 Å². The standard InChI is InChI=1S/C25H15F3INO4S2/c1-33-20-11-14(9-10-19(20)34-23(32)17-7-2-3-8-18(17)29)12-21-22(31)30(24(35)36-21)16-6-4-5-15(13-16)25(26,27)28/h2-13H,1H3/b21-12+. The van der Waals surface area contributed by atoms with E-state index in [1.165, 1.54) is 25.3 Å². The van der Waals surface area contributed by atoms with Crippen molar-refractivity contribution in [2.75, 3.05) is 12.0 Å². The number of alkyl halides is 3. The maximum Gasteiger partial charge on any atom is 0.416 e. The second-order valence-electron chi connectivity index (χ2n) is 7.34. The molecular weight excluding hydrogens is 626 g/mol. The zero-order valence-corrected chi connectivity index (χ0v) is 22.1. The third-order valence-electron chi connectivity index (χ3n) is 5.01. The molecule has 0 radical (unpaired) electrons. The lowest BCUT2D eigenvalue weighted by atomic mass is 10.1. The molecule has 0 saturated carbocycles. The monoisotopic (exact) mass is 641 g/mol. The summed E-state index contributed by atoms with van der Waals surface area (Å²) in [6.45, 7) is 0. The van der Waals surface area contributed by atoms with E-state index in [0.717, 1.165) is 32.4 Å². The molecule has 1 fully saturated rings. The Bertz CT molecular complexity index is 1410. The maximum absolute atomic E-state index is 13.1. The van der Waals surface area contributed by atoms with Gasteiger partial charge in [-0.1, -0.05) is 48.2 Å². The molecule has 1 heterocycles. The number of carbonyl (C=O) groups is 2. The van der Waals surface area contributed by atoms with Gasteiger partial charge in [-0.15, -0.1) is 0 Å². The highest BCUT2D eigenvalue weighted by Crippen LogP contribution is 2.39. The number of benzene rings is 3. The summed E-state index contributed by atoms with van der Waals surface area (Å²) in [5, 5.41) is 0. The van der Waals surface area contributed by atoms with Gasteiger partial charge in [-0.2, -0.15) is 13.2 Å². The van der Waals surface area contributed by atoms with Crippen LogP contribution in [-0.4, -0.2) is 23.3 Å². The SMILES string of the molecule is COc1cc(/C=C2/SC(=S)N(c3cccc(C(F)(F)F)c3)C2=O)ccc1OC(=O)c1ccccc1I. The Hall–Kier alpha value is -2.90. The fraction of sp³-hybridized carbons (Fsp3) is 0.0800. The Kier molecular flexibility index (Phi) is 7.71. The van der Waals surface area contributed by atoms with Gasteiger partial charge in [0.05, 0.1) is 28.8 Å². The van der Waals surface area contributed by atoms with Crippen LogP contribution in [0, 0.1) is 3.57 Å². The van der Waals surface area contributed by atoms with Crippen molar-refractivity contribution >= 4 is 74.5 Å². The zero-order chi connectivity index (χ0) is 26.0. The Morgan fingerprint density at radius 3 is 2.50 bits per heavy atom. The molecule has 184 valence electrons. The van der Waals surface area contributed by atoms with Gasteiger partial charge in [0.2, 0.25) is 0 Å². The quantitative estimate of drug-likeness (QED) is 0.0990. The van der Waals surface area contributed by atoms with Crippen LogP contribution in [0.1, 0.15) is 21.5 Å². The number of amides is 1. The third kappa shape index (κ3) is 5.57. The first-order valence-electron chi connectivity index (χ1n) is 10.2. The number of hydrogen-bond acceptors (Lipinski definition) is 6. The number of thiocarbonyl (C=S) groups is 1. The van der Waals surface area contributed by atoms with Gasteiger partial charge in [-0.25, -0.2) is 4.79 Å². The van der Waals surface area contributed by atoms with Gasteiger partial charge in [0.15, 0.2) is 15.8 Å². The zero-order valence-electron chi connectivity index (χ0n) is 18.3. The minimum atomic E-state index is -4.55. The van der Waals surface area contributed by atoms with Crippen LogP contribution in [0.4, 0.5) is 18.9 Å². The summed E-state index contributed by atoms with van der Waals surface area (Å²) in [7, 11) is 1.41. The molecule has 0 atom stereocenters. The van der Waals surface area contributed by atoms with Crippen molar-refractivity contribution in [3.8, 4) is 11.5 Å². The highest BCUT2D eigenvalue weighted by molar-refractivity contribution is 14.1. The van der Waals surface area contributed by atoms with Crippen LogP contribution >= 0.6 is 46.6 Å². The van der Waals surface area contributed by atoms with E-state index < -0.39 is 23.6 Å². The van der Waals surface area contributed by atoms with E-state index in [1.54, 1.807) is 36.4 Å². The second-order valence-corrected chi connectivity index (χ2v) is 10.2. The first-order chi connectivity index (χ1) is 17.1. The van der Waals surface area contributed by atoms with Gasteiger partial charge in [0.25, 0.3) is 5.91 Å². The molecule has 4 rings (SSSR count). The van der Waals surface area contributed by atoms with E-state index in [-0.39, 0.29) is 26.4 Å². The lowest BCUT2D eigenvalue weighted by Crippen LogP contribution is -2.27. The van der Waals surface area contributed by atoms with E-state index in [0.29, 0.717) is 11.1 Å². The molecule has 0 aromatic heterocycles. The summed E-state index contributed by atoms with van der Waals surface area (Å²) in [6.07, 6.45) is -3.01. The highest BCUT2D eigenvalue weighted by Gasteiger charge is 2.36. The number of ether oxygens (including phenoxy) is 2. The van der Waals surface area contributed by atoms with Gasteiger partial charge in [-0.3, -0.25) is 9.69 Å². The predicted molar refractivity (Wildman–Crippen MR) is 144 cm³/mol. The summed E-state index contributed by atoms with van der Waals surface area (Å²) >= 11 is 8.28. The number of methoxy groups -OCH3 is 1. The Morgan fingerprint density at radius 2 is 1.81 bits per heavy atom. The maximum atomic E-state index is 13.1. The number of carbonyl (C=O) groups excluding carboxylic acids is 2. The first-order valence-corrected chi connectivity index (χ1v) is 12.5. The summed E-state index contributed by atoms with van der Waals surface area (Å²) in [6, 6.07) is 16.1. The molecule has 1 aliphatic heterocycles. The molecular formula is C25H15F3INO4S2. The molecule has 11 heteroatoms. The minimum Gasteiger partial charge on any atom is -0.493 e. The molecule has 0 bridgehead atoms. The van der Waals surface area contributed by atoms with Gasteiger partial charge in [0.1, 0.15) is 0 Å². The average Bonchev–Trinajstić information content (AvgIpc) is 3.12. The minimum absolute atomic E-state index is 0.0334. The van der Waals surface area contributed by atoms with Crippen LogP contribution in [0.2, 0.25) is 0 Å². The average molecular weight is 641 g/mol. The van der Waals surface area contributed by atoms with Crippen molar-refractivity contribution in [1.29, 1.82) is 0 Å². The van der Waals surface area contributed by atoms with Crippen molar-refractivity contribution in [2.45, 2.75) is 6.18 Å². The fourth-order valence-electron chi connectivity index (χ4n) is 3.30. The summed E-state index contributed by atoms with van der Waals surface area (Å²) < 4.78 is 51.1. The van der Waals surface area contributed by atoms with Crippen molar-refractivity contribution in [3.63, 3.8) is 0 Å². The molecule has 0 spiro atoms. The molecule has 1 aliphatic rings. The number of esters is 1. The van der Waals surface area contributed by atoms with Crippen molar-refractivity contribution in [2.24, 2.45) is 0 Å². The molecule has 3 aromatic rings. The van der Waals surface area contributed by atoms with Crippen molar-refractivity contribution < 1.29 is 32.2 Å². The number of halogens is 4.